The van der Waals surface area contributed by atoms with Gasteiger partial charge in [0.15, 0.2) is 0 Å². The van der Waals surface area contributed by atoms with E-state index >= 15 is 0 Å². The molecule has 0 aliphatic heterocycles. The predicted molar refractivity (Wildman–Crippen MR) is 194 cm³/mol. The summed E-state index contributed by atoms with van der Waals surface area (Å²) >= 11 is 0. The van der Waals surface area contributed by atoms with E-state index < -0.39 is 0 Å². The number of allylic oxidation sites excluding steroid dienone is 5. The van der Waals surface area contributed by atoms with E-state index in [-0.39, 0.29) is 5.41 Å². The van der Waals surface area contributed by atoms with E-state index in [1.165, 1.54) is 82.2 Å². The van der Waals surface area contributed by atoms with E-state index in [2.05, 4.69) is 124 Å². The van der Waals surface area contributed by atoms with Crippen LogP contribution < -0.4 is 0 Å². The zero-order chi connectivity index (χ0) is 32.0. The van der Waals surface area contributed by atoms with Crippen LogP contribution in [-0.4, -0.2) is 0 Å². The van der Waals surface area contributed by atoms with Gasteiger partial charge in [-0.15, -0.1) is 0 Å². The lowest BCUT2D eigenvalue weighted by Crippen LogP contribution is -2.27. The highest BCUT2D eigenvalue weighted by atomic mass is 14.4. The first-order valence-electron chi connectivity index (χ1n) is 17.6. The molecule has 2 aromatic carbocycles. The van der Waals surface area contributed by atoms with Crippen LogP contribution in [-0.2, 0) is 12.8 Å². The third kappa shape index (κ3) is 7.61. The molecule has 3 aliphatic rings. The Morgan fingerprint density at radius 1 is 0.864 bits per heavy atom. The molecule has 0 aromatic heterocycles. The van der Waals surface area contributed by atoms with Crippen molar-refractivity contribution in [3.8, 4) is 11.1 Å². The Morgan fingerprint density at radius 3 is 2.27 bits per heavy atom. The van der Waals surface area contributed by atoms with E-state index in [0.29, 0.717) is 17.3 Å². The summed E-state index contributed by atoms with van der Waals surface area (Å²) in [6.45, 7) is 30.5. The van der Waals surface area contributed by atoms with E-state index in [1.54, 1.807) is 5.56 Å². The molecule has 0 N–H and O–H groups in total. The highest BCUT2D eigenvalue weighted by molar-refractivity contribution is 5.80. The van der Waals surface area contributed by atoms with Crippen molar-refractivity contribution in [1.29, 1.82) is 0 Å². The largest absolute Gasteiger partial charge is 0.0986 e. The topological polar surface area (TPSA) is 0 Å². The molecule has 236 valence electrons. The first-order chi connectivity index (χ1) is 20.6. The van der Waals surface area contributed by atoms with Crippen molar-refractivity contribution in [1.82, 2.24) is 0 Å². The zero-order valence-electron chi connectivity index (χ0n) is 29.6. The summed E-state index contributed by atoms with van der Waals surface area (Å²) in [5, 5.41) is 0. The van der Waals surface area contributed by atoms with Crippen LogP contribution in [0.1, 0.15) is 115 Å². The maximum atomic E-state index is 4.64. The molecule has 1 saturated carbocycles. The summed E-state index contributed by atoms with van der Waals surface area (Å²) in [4.78, 5) is 0. The summed E-state index contributed by atoms with van der Waals surface area (Å²) in [6.07, 6.45) is 17.0. The maximum Gasteiger partial charge on any atom is 0.00827 e. The van der Waals surface area contributed by atoms with Crippen molar-refractivity contribution >= 4 is 6.08 Å². The molecule has 3 aliphatic carbocycles. The van der Waals surface area contributed by atoms with E-state index in [4.69, 9.17) is 0 Å². The fourth-order valence-electron chi connectivity index (χ4n) is 8.87. The van der Waals surface area contributed by atoms with E-state index in [9.17, 15) is 0 Å². The van der Waals surface area contributed by atoms with E-state index in [0.717, 1.165) is 37.0 Å². The SMILES string of the molecule is C=C1C=CC(CC(C)(C)C)C(=C)C1CC1=Cc2cccc(-c3cc(C)cc(C)c3C[C@@H]3CCC(CC(C)(C)C)C[C@@H]3C)c2C1. The number of aryl methyl sites for hydroxylation is 2. The summed E-state index contributed by atoms with van der Waals surface area (Å²) in [5.41, 5.74) is 15.1. The molecule has 0 spiro atoms. The van der Waals surface area contributed by atoms with Crippen LogP contribution in [0.4, 0.5) is 0 Å². The molecular formula is C44H60. The summed E-state index contributed by atoms with van der Waals surface area (Å²) in [5.74, 6) is 3.22. The van der Waals surface area contributed by atoms with Gasteiger partial charge in [-0.3, -0.25) is 0 Å². The van der Waals surface area contributed by atoms with Crippen molar-refractivity contribution in [2.45, 2.75) is 114 Å². The minimum atomic E-state index is 0.284. The average molecular weight is 589 g/mol. The summed E-state index contributed by atoms with van der Waals surface area (Å²) in [6, 6.07) is 11.9. The quantitative estimate of drug-likeness (QED) is 0.282. The molecule has 0 heteroatoms. The van der Waals surface area contributed by atoms with Gasteiger partial charge < -0.3 is 0 Å². The van der Waals surface area contributed by atoms with E-state index in [1.807, 2.05) is 0 Å². The second-order valence-corrected chi connectivity index (χ2v) is 17.5. The lowest BCUT2D eigenvalue weighted by atomic mass is 9.68. The van der Waals surface area contributed by atoms with Crippen molar-refractivity contribution in [3.05, 3.63) is 100 Å². The second kappa shape index (κ2) is 12.7. The molecule has 3 unspecified atom stereocenters. The first kappa shape index (κ1) is 32.8. The molecule has 1 fully saturated rings. The van der Waals surface area contributed by atoms with Gasteiger partial charge >= 0.3 is 0 Å². The van der Waals surface area contributed by atoms with Crippen LogP contribution in [0.25, 0.3) is 17.2 Å². The molecule has 0 bridgehead atoms. The van der Waals surface area contributed by atoms with Crippen LogP contribution in [0.3, 0.4) is 0 Å². The third-order valence-corrected chi connectivity index (χ3v) is 10.9. The third-order valence-electron chi connectivity index (χ3n) is 10.9. The van der Waals surface area contributed by atoms with Crippen LogP contribution in [0, 0.1) is 54.3 Å². The summed E-state index contributed by atoms with van der Waals surface area (Å²) in [7, 11) is 0. The van der Waals surface area contributed by atoms with Crippen molar-refractivity contribution in [2.24, 2.45) is 40.4 Å². The zero-order valence-corrected chi connectivity index (χ0v) is 29.6. The Kier molecular flexibility index (Phi) is 9.43. The maximum absolute atomic E-state index is 4.64. The standard InChI is InChI=1S/C44H60/c1-28-19-31(4)40(25-35-18-16-33(21-30(35)3)26-43(6,7)8)42(20-28)38-14-12-13-36-22-34(24-41(36)38)23-39-29(2)15-17-37(32(39)5)27-44(9,10)11/h12-15,17,19-20,22,30,33,35,37,39H,2,5,16,18,21,23-27H2,1,3-4,6-11H3/t30-,33?,35-,37?,39?/m0/s1. The normalized spacial score (nSPS) is 25.8. The number of fused-ring (bicyclic) bond motifs is 1. The van der Waals surface area contributed by atoms with Crippen molar-refractivity contribution < 1.29 is 0 Å². The molecule has 5 rings (SSSR count). The number of rotatable bonds is 7. The monoisotopic (exact) mass is 588 g/mol. The Balaban J connectivity index is 1.37. The fraction of sp³-hybridized carbons (Fsp3) is 0.545. The average Bonchev–Trinajstić information content (AvgIpc) is 3.32. The molecule has 0 heterocycles. The Labute approximate surface area is 270 Å². The van der Waals surface area contributed by atoms with Crippen LogP contribution in [0.5, 0.6) is 0 Å². The van der Waals surface area contributed by atoms with Gasteiger partial charge in [0.2, 0.25) is 0 Å². The molecule has 0 radical (unpaired) electrons. The second-order valence-electron chi connectivity index (χ2n) is 17.5. The number of hydrogen-bond acceptors (Lipinski definition) is 0. The van der Waals surface area contributed by atoms with Crippen molar-refractivity contribution in [2.75, 3.05) is 0 Å². The fourth-order valence-corrected chi connectivity index (χ4v) is 8.87. The van der Waals surface area contributed by atoms with Crippen molar-refractivity contribution in [3.63, 3.8) is 0 Å². The van der Waals surface area contributed by atoms with Gasteiger partial charge in [0.1, 0.15) is 0 Å². The predicted octanol–water partition coefficient (Wildman–Crippen LogP) is 12.7. The first-order valence-corrected chi connectivity index (χ1v) is 17.6. The number of hydrogen-bond donors (Lipinski definition) is 0. The number of benzene rings is 2. The van der Waals surface area contributed by atoms with Crippen LogP contribution in [0.2, 0.25) is 0 Å². The minimum absolute atomic E-state index is 0.284. The molecule has 44 heavy (non-hydrogen) atoms. The van der Waals surface area contributed by atoms with Crippen LogP contribution in [0.15, 0.2) is 72.4 Å². The smallest absolute Gasteiger partial charge is 0.00827 e. The van der Waals surface area contributed by atoms with Gasteiger partial charge in [-0.05, 0) is 132 Å². The Bertz CT molecular complexity index is 1460. The van der Waals surface area contributed by atoms with Gasteiger partial charge in [-0.1, -0.05) is 133 Å². The molecule has 0 amide bonds. The van der Waals surface area contributed by atoms with Gasteiger partial charge in [-0.2, -0.15) is 0 Å². The highest BCUT2D eigenvalue weighted by Crippen LogP contribution is 2.46. The molecule has 5 atom stereocenters. The van der Waals surface area contributed by atoms with Gasteiger partial charge in [0.05, 0.1) is 0 Å². The Morgan fingerprint density at radius 2 is 1.59 bits per heavy atom. The van der Waals surface area contributed by atoms with Gasteiger partial charge in [0, 0.05) is 5.92 Å². The van der Waals surface area contributed by atoms with Gasteiger partial charge in [-0.25, -0.2) is 0 Å². The molecule has 0 saturated heterocycles. The van der Waals surface area contributed by atoms with Gasteiger partial charge in [0.25, 0.3) is 0 Å². The van der Waals surface area contributed by atoms with Crippen LogP contribution >= 0.6 is 0 Å². The molecular weight excluding hydrogens is 528 g/mol. The highest BCUT2D eigenvalue weighted by Gasteiger charge is 2.32. The lowest BCUT2D eigenvalue weighted by molar-refractivity contribution is 0.152. The molecule has 0 nitrogen and oxygen atoms in total. The summed E-state index contributed by atoms with van der Waals surface area (Å²) < 4.78 is 0. The molecule has 2 aromatic rings. The Hall–Kier alpha value is -2.60. The minimum Gasteiger partial charge on any atom is -0.0986 e. The lowest BCUT2D eigenvalue weighted by Gasteiger charge is -2.37.